The summed E-state index contributed by atoms with van der Waals surface area (Å²) in [7, 11) is -0.918. The van der Waals surface area contributed by atoms with Crippen LogP contribution in [-0.2, 0) is 23.4 Å². The van der Waals surface area contributed by atoms with Crippen LogP contribution in [0.2, 0.25) is 0 Å². The highest BCUT2D eigenvalue weighted by Crippen LogP contribution is 2.11. The zero-order chi connectivity index (χ0) is 10.9. The van der Waals surface area contributed by atoms with Crippen LogP contribution >= 0.6 is 0 Å². The van der Waals surface area contributed by atoms with Gasteiger partial charge in [0.15, 0.2) is 9.84 Å². The van der Waals surface area contributed by atoms with Crippen molar-refractivity contribution in [1.29, 1.82) is 0 Å². The lowest BCUT2D eigenvalue weighted by Crippen LogP contribution is -2.29. The second kappa shape index (κ2) is 3.94. The normalized spacial score (nSPS) is 24.5. The SMILES string of the molecule is Cn1ccc(CNC2CCS(=O)(=O)C2)n1. The van der Waals surface area contributed by atoms with Gasteiger partial charge in [-0.25, -0.2) is 8.42 Å². The van der Waals surface area contributed by atoms with E-state index in [2.05, 4.69) is 10.4 Å². The minimum absolute atomic E-state index is 0.0945. The Balaban J connectivity index is 1.85. The number of hydrogen-bond donors (Lipinski definition) is 1. The molecule has 1 atom stereocenters. The minimum Gasteiger partial charge on any atom is -0.307 e. The first-order valence-electron chi connectivity index (χ1n) is 4.97. The molecule has 84 valence electrons. The number of aryl methyl sites for hydroxylation is 1. The van der Waals surface area contributed by atoms with Gasteiger partial charge in [0.1, 0.15) is 0 Å². The molecule has 0 aromatic carbocycles. The Morgan fingerprint density at radius 2 is 2.47 bits per heavy atom. The summed E-state index contributed by atoms with van der Waals surface area (Å²) in [4.78, 5) is 0. The van der Waals surface area contributed by atoms with Gasteiger partial charge < -0.3 is 5.32 Å². The molecule has 0 spiro atoms. The third-order valence-electron chi connectivity index (χ3n) is 2.57. The van der Waals surface area contributed by atoms with Gasteiger partial charge in [0, 0.05) is 25.8 Å². The molecule has 1 aromatic rings. The molecule has 0 radical (unpaired) electrons. The van der Waals surface area contributed by atoms with E-state index in [0.717, 1.165) is 12.1 Å². The van der Waals surface area contributed by atoms with Crippen molar-refractivity contribution >= 4 is 9.84 Å². The Morgan fingerprint density at radius 1 is 1.67 bits per heavy atom. The summed E-state index contributed by atoms with van der Waals surface area (Å²) in [5.41, 5.74) is 0.946. The lowest BCUT2D eigenvalue weighted by atomic mass is 10.2. The summed E-state index contributed by atoms with van der Waals surface area (Å²) in [6, 6.07) is 2.02. The van der Waals surface area contributed by atoms with Crippen LogP contribution in [0.1, 0.15) is 12.1 Å². The summed E-state index contributed by atoms with van der Waals surface area (Å²) in [6.07, 6.45) is 2.59. The molecule has 1 aromatic heterocycles. The van der Waals surface area contributed by atoms with Crippen LogP contribution in [0.4, 0.5) is 0 Å². The number of nitrogens with one attached hydrogen (secondary N) is 1. The fourth-order valence-electron chi connectivity index (χ4n) is 1.76. The lowest BCUT2D eigenvalue weighted by Gasteiger charge is -2.08. The molecule has 1 unspecified atom stereocenters. The molecule has 1 saturated heterocycles. The van der Waals surface area contributed by atoms with E-state index in [-0.39, 0.29) is 11.8 Å². The zero-order valence-electron chi connectivity index (χ0n) is 8.68. The molecule has 1 aliphatic heterocycles. The molecule has 0 aliphatic carbocycles. The summed E-state index contributed by atoms with van der Waals surface area (Å²) in [5, 5.41) is 7.42. The molecule has 0 bridgehead atoms. The van der Waals surface area contributed by atoms with E-state index >= 15 is 0 Å². The van der Waals surface area contributed by atoms with Crippen LogP contribution in [0.5, 0.6) is 0 Å². The van der Waals surface area contributed by atoms with Crippen molar-refractivity contribution in [3.05, 3.63) is 18.0 Å². The Kier molecular flexibility index (Phi) is 2.79. The molecule has 1 fully saturated rings. The summed E-state index contributed by atoms with van der Waals surface area (Å²) < 4.78 is 24.1. The molecule has 1 N–H and O–H groups in total. The van der Waals surface area contributed by atoms with E-state index in [1.54, 1.807) is 4.68 Å². The van der Waals surface area contributed by atoms with Crippen molar-refractivity contribution < 1.29 is 8.42 Å². The minimum atomic E-state index is -2.78. The van der Waals surface area contributed by atoms with Crippen LogP contribution in [0, 0.1) is 0 Å². The van der Waals surface area contributed by atoms with Gasteiger partial charge in [0.05, 0.1) is 17.2 Å². The maximum Gasteiger partial charge on any atom is 0.151 e. The third kappa shape index (κ3) is 2.79. The highest BCUT2D eigenvalue weighted by atomic mass is 32.2. The standard InChI is InChI=1S/C9H15N3O2S/c1-12-4-2-8(11-12)6-10-9-3-5-15(13,14)7-9/h2,4,9-10H,3,5-7H2,1H3. The van der Waals surface area contributed by atoms with Gasteiger partial charge >= 0.3 is 0 Å². The second-order valence-corrected chi connectivity index (χ2v) is 6.19. The van der Waals surface area contributed by atoms with E-state index in [1.807, 2.05) is 19.3 Å². The molecule has 2 heterocycles. The third-order valence-corrected chi connectivity index (χ3v) is 4.34. The summed E-state index contributed by atoms with van der Waals surface area (Å²) >= 11 is 0. The first-order valence-corrected chi connectivity index (χ1v) is 6.80. The molecular formula is C9H15N3O2S. The Hall–Kier alpha value is -0.880. The number of hydrogen-bond acceptors (Lipinski definition) is 4. The second-order valence-electron chi connectivity index (χ2n) is 3.96. The van der Waals surface area contributed by atoms with E-state index in [9.17, 15) is 8.42 Å². The molecule has 6 heteroatoms. The number of sulfone groups is 1. The van der Waals surface area contributed by atoms with Crippen molar-refractivity contribution in [1.82, 2.24) is 15.1 Å². The smallest absolute Gasteiger partial charge is 0.151 e. The summed E-state index contributed by atoms with van der Waals surface area (Å²) in [6.45, 7) is 0.640. The van der Waals surface area contributed by atoms with Gasteiger partial charge in [-0.05, 0) is 12.5 Å². The van der Waals surface area contributed by atoms with Crippen LogP contribution < -0.4 is 5.32 Å². The van der Waals surface area contributed by atoms with Gasteiger partial charge in [-0.15, -0.1) is 0 Å². The number of rotatable bonds is 3. The maximum atomic E-state index is 11.2. The monoisotopic (exact) mass is 229 g/mol. The molecule has 0 amide bonds. The maximum absolute atomic E-state index is 11.2. The van der Waals surface area contributed by atoms with E-state index in [0.29, 0.717) is 12.3 Å². The number of nitrogens with zero attached hydrogens (tertiary/aromatic N) is 2. The van der Waals surface area contributed by atoms with E-state index < -0.39 is 9.84 Å². The Labute approximate surface area is 89.4 Å². The molecule has 1 aliphatic rings. The Morgan fingerprint density at radius 3 is 3.00 bits per heavy atom. The largest absolute Gasteiger partial charge is 0.307 e. The van der Waals surface area contributed by atoms with Gasteiger partial charge in [-0.3, -0.25) is 4.68 Å². The molecule has 2 rings (SSSR count). The average molecular weight is 229 g/mol. The average Bonchev–Trinajstić information content (AvgIpc) is 2.69. The van der Waals surface area contributed by atoms with Crippen molar-refractivity contribution in [3.8, 4) is 0 Å². The number of aromatic nitrogens is 2. The summed E-state index contributed by atoms with van der Waals surface area (Å²) in [5.74, 6) is 0.576. The molecular weight excluding hydrogens is 214 g/mol. The van der Waals surface area contributed by atoms with Gasteiger partial charge in [-0.1, -0.05) is 0 Å². The molecule has 15 heavy (non-hydrogen) atoms. The molecule has 5 nitrogen and oxygen atoms in total. The van der Waals surface area contributed by atoms with Crippen LogP contribution in [0.3, 0.4) is 0 Å². The van der Waals surface area contributed by atoms with Crippen LogP contribution in [0.25, 0.3) is 0 Å². The predicted molar refractivity (Wildman–Crippen MR) is 57.1 cm³/mol. The lowest BCUT2D eigenvalue weighted by molar-refractivity contribution is 0.544. The van der Waals surface area contributed by atoms with Crippen molar-refractivity contribution in [2.75, 3.05) is 11.5 Å². The van der Waals surface area contributed by atoms with E-state index in [1.165, 1.54) is 0 Å². The fourth-order valence-corrected chi connectivity index (χ4v) is 3.47. The van der Waals surface area contributed by atoms with Gasteiger partial charge in [0.2, 0.25) is 0 Å². The zero-order valence-corrected chi connectivity index (χ0v) is 9.50. The first-order chi connectivity index (χ1) is 7.05. The molecule has 0 saturated carbocycles. The quantitative estimate of drug-likeness (QED) is 0.772. The van der Waals surface area contributed by atoms with Crippen LogP contribution in [-0.4, -0.2) is 35.7 Å². The first kappa shape index (κ1) is 10.6. The van der Waals surface area contributed by atoms with Gasteiger partial charge in [-0.2, -0.15) is 5.10 Å². The fraction of sp³-hybridized carbons (Fsp3) is 0.667. The highest BCUT2D eigenvalue weighted by Gasteiger charge is 2.27. The predicted octanol–water partition coefficient (Wildman–Crippen LogP) is -0.303. The van der Waals surface area contributed by atoms with Crippen LogP contribution in [0.15, 0.2) is 12.3 Å². The Bertz CT molecular complexity index is 438. The van der Waals surface area contributed by atoms with Crippen molar-refractivity contribution in [2.24, 2.45) is 7.05 Å². The van der Waals surface area contributed by atoms with Gasteiger partial charge in [0.25, 0.3) is 0 Å². The highest BCUT2D eigenvalue weighted by molar-refractivity contribution is 7.91. The van der Waals surface area contributed by atoms with Crippen molar-refractivity contribution in [2.45, 2.75) is 19.0 Å². The topological polar surface area (TPSA) is 64.0 Å². The van der Waals surface area contributed by atoms with Crippen molar-refractivity contribution in [3.63, 3.8) is 0 Å². The van der Waals surface area contributed by atoms with E-state index in [4.69, 9.17) is 0 Å².